The molecule has 1 saturated carbocycles. The summed E-state index contributed by atoms with van der Waals surface area (Å²) in [5.41, 5.74) is 0. The van der Waals surface area contributed by atoms with Gasteiger partial charge in [0.15, 0.2) is 6.17 Å². The van der Waals surface area contributed by atoms with Crippen molar-refractivity contribution in [3.63, 3.8) is 0 Å². The van der Waals surface area contributed by atoms with E-state index in [0.717, 1.165) is 12.8 Å². The number of carboxylic acid groups (broad SMARTS) is 1. The lowest BCUT2D eigenvalue weighted by atomic mass is 9.68. The average Bonchev–Trinajstić information content (AvgIpc) is 1.82. The van der Waals surface area contributed by atoms with E-state index in [1.807, 2.05) is 0 Å². The molecular weight excluding hydrogens is 159 g/mol. The van der Waals surface area contributed by atoms with E-state index in [1.54, 1.807) is 0 Å². The van der Waals surface area contributed by atoms with Crippen molar-refractivity contribution in [2.75, 3.05) is 0 Å². The summed E-state index contributed by atoms with van der Waals surface area (Å²) in [6.07, 6.45) is -0.156. The van der Waals surface area contributed by atoms with E-state index in [1.165, 1.54) is 0 Å². The Morgan fingerprint density at radius 2 is 1.92 bits per heavy atom. The Morgan fingerprint density at radius 1 is 1.42 bits per heavy atom. The van der Waals surface area contributed by atoms with Crippen molar-refractivity contribution in [2.45, 2.75) is 32.9 Å². The zero-order valence-corrected chi connectivity index (χ0v) is 7.46. The van der Waals surface area contributed by atoms with Gasteiger partial charge in [-0.05, 0) is 24.7 Å². The molecule has 1 fully saturated rings. The number of rotatable bonds is 3. The lowest BCUT2D eigenvalue weighted by Gasteiger charge is -2.38. The standard InChI is InChI=1S/C9H15FO2/c1-5(2)6-3-7(4-6)8(10)9(11)12/h5-8H,3-4H2,1-2H3,(H,11,12). The molecular formula is C9H15FO2. The van der Waals surface area contributed by atoms with Crippen molar-refractivity contribution in [3.8, 4) is 0 Å². The van der Waals surface area contributed by atoms with Crippen LogP contribution in [0.15, 0.2) is 0 Å². The fourth-order valence-electron chi connectivity index (χ4n) is 1.69. The van der Waals surface area contributed by atoms with Crippen LogP contribution in [0.3, 0.4) is 0 Å². The molecule has 0 amide bonds. The van der Waals surface area contributed by atoms with Crippen molar-refractivity contribution in [3.05, 3.63) is 0 Å². The van der Waals surface area contributed by atoms with Crippen LogP contribution in [0.1, 0.15) is 26.7 Å². The Balaban J connectivity index is 2.29. The first-order valence-electron chi connectivity index (χ1n) is 4.39. The van der Waals surface area contributed by atoms with Gasteiger partial charge in [0.05, 0.1) is 0 Å². The molecule has 0 aliphatic heterocycles. The molecule has 0 saturated heterocycles. The number of hydrogen-bond acceptors (Lipinski definition) is 1. The minimum Gasteiger partial charge on any atom is -0.479 e. The fraction of sp³-hybridized carbons (Fsp3) is 0.889. The number of alkyl halides is 1. The molecule has 1 atom stereocenters. The molecule has 0 radical (unpaired) electrons. The summed E-state index contributed by atoms with van der Waals surface area (Å²) in [5, 5.41) is 8.37. The number of aliphatic carboxylic acids is 1. The molecule has 70 valence electrons. The highest BCUT2D eigenvalue weighted by atomic mass is 19.1. The van der Waals surface area contributed by atoms with Gasteiger partial charge in [0, 0.05) is 5.92 Å². The third-order valence-electron chi connectivity index (χ3n) is 2.80. The van der Waals surface area contributed by atoms with Gasteiger partial charge in [0.1, 0.15) is 0 Å². The van der Waals surface area contributed by atoms with Crippen LogP contribution in [0, 0.1) is 17.8 Å². The maximum atomic E-state index is 12.8. The molecule has 1 N–H and O–H groups in total. The summed E-state index contributed by atoms with van der Waals surface area (Å²) < 4.78 is 12.8. The van der Waals surface area contributed by atoms with Gasteiger partial charge >= 0.3 is 5.97 Å². The van der Waals surface area contributed by atoms with Crippen LogP contribution in [0.5, 0.6) is 0 Å². The van der Waals surface area contributed by atoms with Crippen LogP contribution in [-0.2, 0) is 4.79 Å². The first kappa shape index (κ1) is 9.49. The van der Waals surface area contributed by atoms with E-state index in [0.29, 0.717) is 11.8 Å². The summed E-state index contributed by atoms with van der Waals surface area (Å²) in [7, 11) is 0. The molecule has 1 aliphatic carbocycles. The van der Waals surface area contributed by atoms with Gasteiger partial charge in [0.25, 0.3) is 0 Å². The summed E-state index contributed by atoms with van der Waals surface area (Å²) >= 11 is 0. The van der Waals surface area contributed by atoms with Gasteiger partial charge in [0.2, 0.25) is 0 Å². The van der Waals surface area contributed by atoms with E-state index in [-0.39, 0.29) is 5.92 Å². The molecule has 0 aromatic heterocycles. The molecule has 1 aliphatic rings. The summed E-state index contributed by atoms with van der Waals surface area (Å²) in [5.74, 6) is -0.438. The highest BCUT2D eigenvalue weighted by molar-refractivity contribution is 5.72. The average molecular weight is 174 g/mol. The zero-order valence-electron chi connectivity index (χ0n) is 7.46. The largest absolute Gasteiger partial charge is 0.479 e. The molecule has 12 heavy (non-hydrogen) atoms. The van der Waals surface area contributed by atoms with Crippen molar-refractivity contribution < 1.29 is 14.3 Å². The van der Waals surface area contributed by atoms with E-state index < -0.39 is 12.1 Å². The molecule has 0 aromatic carbocycles. The molecule has 0 bridgehead atoms. The molecule has 0 aromatic rings. The number of carbonyl (C=O) groups is 1. The molecule has 2 nitrogen and oxygen atoms in total. The van der Waals surface area contributed by atoms with E-state index in [4.69, 9.17) is 5.11 Å². The van der Waals surface area contributed by atoms with Crippen LogP contribution in [-0.4, -0.2) is 17.2 Å². The van der Waals surface area contributed by atoms with E-state index in [9.17, 15) is 9.18 Å². The first-order valence-corrected chi connectivity index (χ1v) is 4.39. The third kappa shape index (κ3) is 1.76. The van der Waals surface area contributed by atoms with Gasteiger partial charge in [-0.3, -0.25) is 0 Å². The molecule has 1 unspecified atom stereocenters. The molecule has 1 rings (SSSR count). The predicted molar refractivity (Wildman–Crippen MR) is 43.6 cm³/mol. The van der Waals surface area contributed by atoms with Crippen LogP contribution in [0.25, 0.3) is 0 Å². The van der Waals surface area contributed by atoms with Crippen molar-refractivity contribution in [2.24, 2.45) is 17.8 Å². The summed E-state index contributed by atoms with van der Waals surface area (Å²) in [6, 6.07) is 0. The lowest BCUT2D eigenvalue weighted by Crippen LogP contribution is -2.37. The highest BCUT2D eigenvalue weighted by Crippen LogP contribution is 2.41. The smallest absolute Gasteiger partial charge is 0.338 e. The quantitative estimate of drug-likeness (QED) is 0.711. The maximum Gasteiger partial charge on any atom is 0.338 e. The van der Waals surface area contributed by atoms with Crippen molar-refractivity contribution in [1.29, 1.82) is 0 Å². The second-order valence-corrected chi connectivity index (χ2v) is 3.98. The summed E-state index contributed by atoms with van der Waals surface area (Å²) in [6.45, 7) is 4.18. The first-order chi connectivity index (χ1) is 5.52. The number of hydrogen-bond donors (Lipinski definition) is 1. The minimum atomic E-state index is -1.64. The third-order valence-corrected chi connectivity index (χ3v) is 2.80. The van der Waals surface area contributed by atoms with Gasteiger partial charge < -0.3 is 5.11 Å². The van der Waals surface area contributed by atoms with E-state index in [2.05, 4.69) is 13.8 Å². The Bertz CT molecular complexity index is 173. The fourth-order valence-corrected chi connectivity index (χ4v) is 1.69. The SMILES string of the molecule is CC(C)C1CC(C(F)C(=O)O)C1. The normalized spacial score (nSPS) is 31.3. The van der Waals surface area contributed by atoms with Gasteiger partial charge in [-0.15, -0.1) is 0 Å². The lowest BCUT2D eigenvalue weighted by molar-refractivity contribution is -0.147. The van der Waals surface area contributed by atoms with Crippen LogP contribution >= 0.6 is 0 Å². The topological polar surface area (TPSA) is 37.3 Å². The van der Waals surface area contributed by atoms with Gasteiger partial charge in [-0.1, -0.05) is 13.8 Å². The predicted octanol–water partition coefficient (Wildman–Crippen LogP) is 2.09. The second kappa shape index (κ2) is 3.42. The Hall–Kier alpha value is -0.600. The van der Waals surface area contributed by atoms with Crippen molar-refractivity contribution in [1.82, 2.24) is 0 Å². The number of carboxylic acids is 1. The molecule has 0 heterocycles. The minimum absolute atomic E-state index is 0.227. The Morgan fingerprint density at radius 3 is 2.25 bits per heavy atom. The van der Waals surface area contributed by atoms with Gasteiger partial charge in [-0.2, -0.15) is 0 Å². The van der Waals surface area contributed by atoms with Crippen LogP contribution in [0.2, 0.25) is 0 Å². The van der Waals surface area contributed by atoms with Crippen LogP contribution < -0.4 is 0 Å². The molecule has 3 heteroatoms. The Kier molecular flexibility index (Phi) is 2.70. The second-order valence-electron chi connectivity index (χ2n) is 3.98. The highest BCUT2D eigenvalue weighted by Gasteiger charge is 2.39. The maximum absolute atomic E-state index is 12.8. The van der Waals surface area contributed by atoms with Crippen LogP contribution in [0.4, 0.5) is 4.39 Å². The molecule has 0 spiro atoms. The zero-order chi connectivity index (χ0) is 9.30. The summed E-state index contributed by atoms with van der Waals surface area (Å²) in [4.78, 5) is 10.2. The number of halogens is 1. The monoisotopic (exact) mass is 174 g/mol. The Labute approximate surface area is 71.8 Å². The van der Waals surface area contributed by atoms with Gasteiger partial charge in [-0.25, -0.2) is 9.18 Å². The van der Waals surface area contributed by atoms with Crippen molar-refractivity contribution >= 4 is 5.97 Å². The van der Waals surface area contributed by atoms with E-state index >= 15 is 0 Å².